The molecule has 2 nitrogen and oxygen atoms in total. The highest BCUT2D eigenvalue weighted by Gasteiger charge is 2.30. The fourth-order valence-electron chi connectivity index (χ4n) is 1.61. The minimum absolute atomic E-state index is 0.0411. The van der Waals surface area contributed by atoms with Crippen LogP contribution >= 0.6 is 11.8 Å². The molecule has 2 aliphatic rings. The molecule has 1 heterocycles. The van der Waals surface area contributed by atoms with Crippen LogP contribution in [0.4, 0.5) is 0 Å². The highest BCUT2D eigenvalue weighted by Crippen LogP contribution is 2.34. The first kappa shape index (κ1) is 7.90. The van der Waals surface area contributed by atoms with Gasteiger partial charge in [0, 0.05) is 5.25 Å². The van der Waals surface area contributed by atoms with Crippen molar-refractivity contribution >= 4 is 11.8 Å². The molecule has 2 atom stereocenters. The van der Waals surface area contributed by atoms with Crippen LogP contribution in [0.5, 0.6) is 0 Å². The van der Waals surface area contributed by atoms with E-state index in [0.29, 0.717) is 10.5 Å². The standard InChI is InChI=1S/C8H14O2S/c9-7-2-1-3-8(7)11-6-4-10-5-6/h6-9H,1-5H2/t7-,8-/m0/s1. The van der Waals surface area contributed by atoms with Gasteiger partial charge in [0.1, 0.15) is 0 Å². The number of ether oxygens (including phenoxy) is 1. The Morgan fingerprint density at radius 1 is 1.27 bits per heavy atom. The summed E-state index contributed by atoms with van der Waals surface area (Å²) >= 11 is 1.93. The Morgan fingerprint density at radius 2 is 2.09 bits per heavy atom. The van der Waals surface area contributed by atoms with Crippen molar-refractivity contribution in [2.45, 2.75) is 35.9 Å². The maximum atomic E-state index is 9.50. The van der Waals surface area contributed by atoms with E-state index in [1.807, 2.05) is 11.8 Å². The molecular weight excluding hydrogens is 160 g/mol. The summed E-state index contributed by atoms with van der Waals surface area (Å²) in [5.74, 6) is 0. The van der Waals surface area contributed by atoms with E-state index in [1.54, 1.807) is 0 Å². The van der Waals surface area contributed by atoms with Gasteiger partial charge in [0.05, 0.1) is 24.6 Å². The highest BCUT2D eigenvalue weighted by molar-refractivity contribution is 8.00. The van der Waals surface area contributed by atoms with E-state index < -0.39 is 0 Å². The minimum atomic E-state index is -0.0411. The Balaban J connectivity index is 1.75. The summed E-state index contributed by atoms with van der Waals surface area (Å²) in [4.78, 5) is 0. The van der Waals surface area contributed by atoms with E-state index in [1.165, 1.54) is 12.8 Å². The molecule has 1 saturated carbocycles. The monoisotopic (exact) mass is 174 g/mol. The smallest absolute Gasteiger partial charge is 0.0658 e. The number of thioether (sulfide) groups is 1. The van der Waals surface area contributed by atoms with E-state index in [-0.39, 0.29) is 6.10 Å². The summed E-state index contributed by atoms with van der Waals surface area (Å²) in [5, 5.41) is 10.7. The van der Waals surface area contributed by atoms with E-state index >= 15 is 0 Å². The van der Waals surface area contributed by atoms with Crippen molar-refractivity contribution in [3.8, 4) is 0 Å². The fraction of sp³-hybridized carbons (Fsp3) is 1.00. The van der Waals surface area contributed by atoms with Gasteiger partial charge in [-0.25, -0.2) is 0 Å². The quantitative estimate of drug-likeness (QED) is 0.678. The first-order chi connectivity index (χ1) is 5.36. The highest BCUT2D eigenvalue weighted by atomic mass is 32.2. The maximum absolute atomic E-state index is 9.50. The van der Waals surface area contributed by atoms with Gasteiger partial charge in [0.25, 0.3) is 0 Å². The van der Waals surface area contributed by atoms with Crippen molar-refractivity contribution in [2.75, 3.05) is 13.2 Å². The molecule has 11 heavy (non-hydrogen) atoms. The van der Waals surface area contributed by atoms with Crippen LogP contribution in [0, 0.1) is 0 Å². The van der Waals surface area contributed by atoms with Gasteiger partial charge >= 0.3 is 0 Å². The van der Waals surface area contributed by atoms with E-state index in [4.69, 9.17) is 4.74 Å². The molecule has 0 aromatic rings. The van der Waals surface area contributed by atoms with Crippen LogP contribution in [0.25, 0.3) is 0 Å². The first-order valence-electron chi connectivity index (χ1n) is 4.27. The van der Waals surface area contributed by atoms with Crippen molar-refractivity contribution in [1.29, 1.82) is 0 Å². The zero-order valence-electron chi connectivity index (χ0n) is 6.53. The topological polar surface area (TPSA) is 29.5 Å². The van der Waals surface area contributed by atoms with Crippen molar-refractivity contribution < 1.29 is 9.84 Å². The van der Waals surface area contributed by atoms with Gasteiger partial charge in [-0.05, 0) is 19.3 Å². The Hall–Kier alpha value is 0.270. The summed E-state index contributed by atoms with van der Waals surface area (Å²) < 4.78 is 5.08. The third-order valence-corrected chi connectivity index (χ3v) is 3.95. The van der Waals surface area contributed by atoms with Gasteiger partial charge in [-0.15, -0.1) is 11.8 Å². The van der Waals surface area contributed by atoms with E-state index in [0.717, 1.165) is 19.6 Å². The van der Waals surface area contributed by atoms with Crippen molar-refractivity contribution in [3.63, 3.8) is 0 Å². The maximum Gasteiger partial charge on any atom is 0.0658 e. The molecular formula is C8H14O2S. The van der Waals surface area contributed by atoms with Crippen molar-refractivity contribution in [1.82, 2.24) is 0 Å². The molecule has 1 N–H and O–H groups in total. The van der Waals surface area contributed by atoms with Crippen LogP contribution in [-0.2, 0) is 4.74 Å². The number of hydrogen-bond donors (Lipinski definition) is 1. The zero-order valence-corrected chi connectivity index (χ0v) is 7.35. The Morgan fingerprint density at radius 3 is 2.55 bits per heavy atom. The average molecular weight is 174 g/mol. The van der Waals surface area contributed by atoms with Gasteiger partial charge in [-0.1, -0.05) is 0 Å². The van der Waals surface area contributed by atoms with E-state index in [2.05, 4.69) is 0 Å². The lowest BCUT2D eigenvalue weighted by molar-refractivity contribution is 0.0449. The number of rotatable bonds is 2. The Labute approximate surface area is 71.3 Å². The normalized spacial score (nSPS) is 39.0. The van der Waals surface area contributed by atoms with Gasteiger partial charge in [-0.2, -0.15) is 0 Å². The summed E-state index contributed by atoms with van der Waals surface area (Å²) in [7, 11) is 0. The molecule has 1 aliphatic carbocycles. The van der Waals surface area contributed by atoms with Crippen LogP contribution in [0.1, 0.15) is 19.3 Å². The van der Waals surface area contributed by atoms with Crippen molar-refractivity contribution in [2.24, 2.45) is 0 Å². The minimum Gasteiger partial charge on any atom is -0.392 e. The Kier molecular flexibility index (Phi) is 2.39. The third-order valence-electron chi connectivity index (χ3n) is 2.39. The first-order valence-corrected chi connectivity index (χ1v) is 5.22. The fourth-order valence-corrected chi connectivity index (χ4v) is 3.07. The number of aliphatic hydroxyl groups is 1. The molecule has 64 valence electrons. The Bertz CT molecular complexity index is 136. The van der Waals surface area contributed by atoms with Crippen molar-refractivity contribution in [3.05, 3.63) is 0 Å². The SMILES string of the molecule is O[C@H]1CCC[C@@H]1SC1COC1. The van der Waals surface area contributed by atoms with Crippen LogP contribution in [0.2, 0.25) is 0 Å². The molecule has 2 fully saturated rings. The largest absolute Gasteiger partial charge is 0.392 e. The third kappa shape index (κ3) is 1.71. The van der Waals surface area contributed by atoms with Gasteiger partial charge < -0.3 is 9.84 Å². The lowest BCUT2D eigenvalue weighted by Gasteiger charge is -2.28. The molecule has 1 saturated heterocycles. The van der Waals surface area contributed by atoms with Crippen LogP contribution < -0.4 is 0 Å². The van der Waals surface area contributed by atoms with Gasteiger partial charge in [0.15, 0.2) is 0 Å². The summed E-state index contributed by atoms with van der Waals surface area (Å²) in [6.07, 6.45) is 3.36. The predicted octanol–water partition coefficient (Wildman–Crippen LogP) is 1.03. The molecule has 0 bridgehead atoms. The van der Waals surface area contributed by atoms with Crippen LogP contribution in [-0.4, -0.2) is 34.9 Å². The van der Waals surface area contributed by atoms with Crippen LogP contribution in [0.3, 0.4) is 0 Å². The second-order valence-corrected chi connectivity index (χ2v) is 4.88. The van der Waals surface area contributed by atoms with E-state index in [9.17, 15) is 5.11 Å². The molecule has 0 radical (unpaired) electrons. The molecule has 0 spiro atoms. The van der Waals surface area contributed by atoms with Gasteiger partial charge in [-0.3, -0.25) is 0 Å². The summed E-state index contributed by atoms with van der Waals surface area (Å²) in [6, 6.07) is 0. The molecule has 2 rings (SSSR count). The zero-order chi connectivity index (χ0) is 7.68. The predicted molar refractivity (Wildman–Crippen MR) is 45.8 cm³/mol. The van der Waals surface area contributed by atoms with Crippen LogP contribution in [0.15, 0.2) is 0 Å². The number of hydrogen-bond acceptors (Lipinski definition) is 3. The molecule has 0 amide bonds. The second kappa shape index (κ2) is 3.33. The lowest BCUT2D eigenvalue weighted by atomic mass is 10.3. The van der Waals surface area contributed by atoms with Gasteiger partial charge in [0.2, 0.25) is 0 Å². The second-order valence-electron chi connectivity index (χ2n) is 3.33. The average Bonchev–Trinajstić information content (AvgIpc) is 2.27. The molecule has 0 aromatic carbocycles. The summed E-state index contributed by atoms with van der Waals surface area (Å²) in [6.45, 7) is 1.79. The lowest BCUT2D eigenvalue weighted by Crippen LogP contribution is -2.33. The summed E-state index contributed by atoms with van der Waals surface area (Å²) in [5.41, 5.74) is 0. The molecule has 1 aliphatic heterocycles. The molecule has 0 unspecified atom stereocenters. The molecule has 3 heteroatoms. The molecule has 0 aromatic heterocycles. The number of aliphatic hydroxyl groups excluding tert-OH is 1.